The van der Waals surface area contributed by atoms with Gasteiger partial charge < -0.3 is 4.84 Å². The predicted molar refractivity (Wildman–Crippen MR) is 48.6 cm³/mol. The van der Waals surface area contributed by atoms with Gasteiger partial charge in [-0.05, 0) is 0 Å². The molecule has 0 bridgehead atoms. The Labute approximate surface area is 88.4 Å². The second-order valence-electron chi connectivity index (χ2n) is 2.83. The molecule has 1 aromatic rings. The zero-order valence-corrected chi connectivity index (χ0v) is 8.32. The molecule has 2 amide bonds. The van der Waals surface area contributed by atoms with E-state index in [4.69, 9.17) is 0 Å². The van der Waals surface area contributed by atoms with Gasteiger partial charge in [-0.25, -0.2) is 9.78 Å². The average Bonchev–Trinajstić information content (AvgIpc) is 2.82. The van der Waals surface area contributed by atoms with E-state index in [1.165, 1.54) is 22.2 Å². The molecular weight excluding hydrogens is 220 g/mol. The quantitative estimate of drug-likeness (QED) is 0.680. The van der Waals surface area contributed by atoms with Gasteiger partial charge in [-0.3, -0.25) is 9.59 Å². The van der Waals surface area contributed by atoms with Crippen molar-refractivity contribution < 1.29 is 19.2 Å². The topological polar surface area (TPSA) is 76.6 Å². The third kappa shape index (κ3) is 1.86. The van der Waals surface area contributed by atoms with Gasteiger partial charge in [-0.1, -0.05) is 0 Å². The molecule has 0 saturated carbocycles. The minimum Gasteiger partial charge on any atom is -0.323 e. The summed E-state index contributed by atoms with van der Waals surface area (Å²) in [6, 6.07) is 0. The monoisotopic (exact) mass is 226 g/mol. The van der Waals surface area contributed by atoms with Gasteiger partial charge in [0.05, 0.1) is 5.51 Å². The van der Waals surface area contributed by atoms with Gasteiger partial charge in [-0.2, -0.15) is 0 Å². The summed E-state index contributed by atoms with van der Waals surface area (Å²) in [5.41, 5.74) is 1.55. The van der Waals surface area contributed by atoms with Crippen molar-refractivity contribution in [3.05, 3.63) is 16.6 Å². The molecule has 1 saturated heterocycles. The van der Waals surface area contributed by atoms with Crippen molar-refractivity contribution in [1.82, 2.24) is 10.0 Å². The number of nitrogens with zero attached hydrogens (tertiary/aromatic N) is 2. The summed E-state index contributed by atoms with van der Waals surface area (Å²) >= 11 is 1.23. The number of thiazole rings is 1. The van der Waals surface area contributed by atoms with E-state index >= 15 is 0 Å². The van der Waals surface area contributed by atoms with E-state index in [1.807, 2.05) is 0 Å². The highest BCUT2D eigenvalue weighted by atomic mass is 32.1. The Morgan fingerprint density at radius 2 is 2.07 bits per heavy atom. The number of aromatic nitrogens is 1. The van der Waals surface area contributed by atoms with Crippen LogP contribution in [-0.2, 0) is 14.4 Å². The Morgan fingerprint density at radius 1 is 1.40 bits per heavy atom. The van der Waals surface area contributed by atoms with Crippen LogP contribution < -0.4 is 0 Å². The maximum absolute atomic E-state index is 11.3. The molecule has 0 unspecified atom stereocenters. The Bertz CT molecular complexity index is 398. The molecule has 1 aromatic heterocycles. The summed E-state index contributed by atoms with van der Waals surface area (Å²) in [7, 11) is 0. The molecule has 78 valence electrons. The lowest BCUT2D eigenvalue weighted by molar-refractivity contribution is -0.172. The summed E-state index contributed by atoms with van der Waals surface area (Å²) in [5, 5.41) is 1.98. The molecular formula is C8H6N2O4S. The molecule has 0 N–H and O–H groups in total. The van der Waals surface area contributed by atoms with Crippen LogP contribution in [0, 0.1) is 0 Å². The van der Waals surface area contributed by atoms with Crippen LogP contribution >= 0.6 is 11.3 Å². The van der Waals surface area contributed by atoms with Crippen molar-refractivity contribution in [2.24, 2.45) is 0 Å². The third-order valence-electron chi connectivity index (χ3n) is 1.82. The number of amides is 2. The normalized spacial score (nSPS) is 15.9. The summed E-state index contributed by atoms with van der Waals surface area (Å²) in [5.74, 6) is -1.79. The second-order valence-corrected chi connectivity index (χ2v) is 3.55. The lowest BCUT2D eigenvalue weighted by Crippen LogP contribution is -2.32. The number of imide groups is 1. The molecule has 0 atom stereocenters. The van der Waals surface area contributed by atoms with Crippen LogP contribution in [0.2, 0.25) is 0 Å². The maximum Gasteiger partial charge on any atom is 0.382 e. The SMILES string of the molecule is O=C(ON1C(=O)CCC1=O)c1cscn1. The summed E-state index contributed by atoms with van der Waals surface area (Å²) in [6.45, 7) is 0. The van der Waals surface area contributed by atoms with Crippen LogP contribution in [0.25, 0.3) is 0 Å². The summed E-state index contributed by atoms with van der Waals surface area (Å²) in [6.07, 6.45) is 0.173. The molecule has 0 aliphatic carbocycles. The van der Waals surface area contributed by atoms with Crippen LogP contribution in [0.5, 0.6) is 0 Å². The Kier molecular flexibility index (Phi) is 2.46. The number of hydroxylamine groups is 2. The van der Waals surface area contributed by atoms with Crippen molar-refractivity contribution in [3.63, 3.8) is 0 Å². The lowest BCUT2D eigenvalue weighted by atomic mass is 10.4. The van der Waals surface area contributed by atoms with E-state index in [9.17, 15) is 14.4 Å². The Morgan fingerprint density at radius 3 is 2.60 bits per heavy atom. The molecule has 15 heavy (non-hydrogen) atoms. The van der Waals surface area contributed by atoms with Crippen molar-refractivity contribution in [3.8, 4) is 0 Å². The van der Waals surface area contributed by atoms with Gasteiger partial charge in [0.25, 0.3) is 11.8 Å². The van der Waals surface area contributed by atoms with Crippen LogP contribution in [0.1, 0.15) is 23.3 Å². The van der Waals surface area contributed by atoms with Crippen molar-refractivity contribution in [2.75, 3.05) is 0 Å². The lowest BCUT2D eigenvalue weighted by Gasteiger charge is -2.10. The third-order valence-corrected chi connectivity index (χ3v) is 2.41. The molecule has 0 spiro atoms. The molecule has 2 rings (SSSR count). The number of hydrogen-bond donors (Lipinski definition) is 0. The summed E-state index contributed by atoms with van der Waals surface area (Å²) < 4.78 is 0. The minimum absolute atomic E-state index is 0.0865. The maximum atomic E-state index is 11.3. The van der Waals surface area contributed by atoms with Crippen molar-refractivity contribution in [1.29, 1.82) is 0 Å². The van der Waals surface area contributed by atoms with Gasteiger partial charge in [-0.15, -0.1) is 16.4 Å². The van der Waals surface area contributed by atoms with Crippen molar-refractivity contribution >= 4 is 29.1 Å². The number of rotatable bonds is 2. The number of carbonyl (C=O) groups is 3. The standard InChI is InChI=1S/C8H6N2O4S/c11-6-1-2-7(12)10(6)14-8(13)5-3-15-4-9-5/h3-4H,1-2H2. The van der Waals surface area contributed by atoms with E-state index in [0.717, 1.165) is 0 Å². The first kappa shape index (κ1) is 9.78. The zero-order valence-electron chi connectivity index (χ0n) is 7.50. The molecule has 0 radical (unpaired) electrons. The number of carbonyl (C=O) groups excluding carboxylic acids is 3. The zero-order chi connectivity index (χ0) is 10.8. The highest BCUT2D eigenvalue weighted by Gasteiger charge is 2.33. The van der Waals surface area contributed by atoms with Gasteiger partial charge in [0, 0.05) is 18.2 Å². The first-order valence-corrected chi connectivity index (χ1v) is 5.09. The minimum atomic E-state index is -0.792. The van der Waals surface area contributed by atoms with E-state index in [-0.39, 0.29) is 18.5 Å². The fraction of sp³-hybridized carbons (Fsp3) is 0.250. The molecule has 0 aromatic carbocycles. The molecule has 6 nitrogen and oxygen atoms in total. The molecule has 2 heterocycles. The van der Waals surface area contributed by atoms with Crippen LogP contribution in [-0.4, -0.2) is 27.8 Å². The second kappa shape index (κ2) is 3.77. The summed E-state index contributed by atoms with van der Waals surface area (Å²) in [4.78, 5) is 41.9. The van der Waals surface area contributed by atoms with E-state index < -0.39 is 17.8 Å². The van der Waals surface area contributed by atoms with Gasteiger partial charge in [0.2, 0.25) is 0 Å². The van der Waals surface area contributed by atoms with E-state index in [0.29, 0.717) is 5.06 Å². The Balaban J connectivity index is 2.06. The van der Waals surface area contributed by atoms with Crippen LogP contribution in [0.4, 0.5) is 0 Å². The van der Waals surface area contributed by atoms with E-state index in [2.05, 4.69) is 9.82 Å². The van der Waals surface area contributed by atoms with E-state index in [1.54, 1.807) is 0 Å². The fourth-order valence-corrected chi connectivity index (χ4v) is 1.62. The first-order chi connectivity index (χ1) is 7.18. The first-order valence-electron chi connectivity index (χ1n) is 4.15. The fourth-order valence-electron chi connectivity index (χ4n) is 1.10. The van der Waals surface area contributed by atoms with Gasteiger partial charge in [0.1, 0.15) is 0 Å². The van der Waals surface area contributed by atoms with Crippen molar-refractivity contribution in [2.45, 2.75) is 12.8 Å². The molecule has 7 heteroatoms. The molecule has 1 aliphatic heterocycles. The Hall–Kier alpha value is -1.76. The smallest absolute Gasteiger partial charge is 0.323 e. The van der Waals surface area contributed by atoms with Crippen LogP contribution in [0.15, 0.2) is 10.9 Å². The molecule has 1 fully saturated rings. The predicted octanol–water partition coefficient (Wildman–Crippen LogP) is 0.364. The van der Waals surface area contributed by atoms with Gasteiger partial charge >= 0.3 is 5.97 Å². The van der Waals surface area contributed by atoms with Gasteiger partial charge in [0.15, 0.2) is 5.69 Å². The van der Waals surface area contributed by atoms with Crippen LogP contribution in [0.3, 0.4) is 0 Å². The number of hydrogen-bond acceptors (Lipinski definition) is 6. The highest BCUT2D eigenvalue weighted by molar-refractivity contribution is 7.07. The highest BCUT2D eigenvalue weighted by Crippen LogP contribution is 2.14. The largest absolute Gasteiger partial charge is 0.382 e. The molecule has 1 aliphatic rings. The average molecular weight is 226 g/mol.